The molecule has 0 aliphatic carbocycles. The smallest absolute Gasteiger partial charge is 0.368 e. The Morgan fingerprint density at radius 2 is 2.10 bits per heavy atom. The van der Waals surface area contributed by atoms with Crippen molar-refractivity contribution in [1.82, 2.24) is 9.38 Å². The van der Waals surface area contributed by atoms with E-state index in [1.54, 1.807) is 25.3 Å². The Balaban J connectivity index is 2.52. The van der Waals surface area contributed by atoms with E-state index < -0.39 is 25.3 Å². The van der Waals surface area contributed by atoms with Crippen LogP contribution in [0.3, 0.4) is 0 Å². The van der Waals surface area contributed by atoms with Gasteiger partial charge in [0.1, 0.15) is 5.65 Å². The van der Waals surface area contributed by atoms with Crippen LogP contribution in [-0.4, -0.2) is 40.7 Å². The summed E-state index contributed by atoms with van der Waals surface area (Å²) in [4.78, 5) is 33.2. The van der Waals surface area contributed by atoms with E-state index in [-0.39, 0.29) is 5.69 Å². The van der Waals surface area contributed by atoms with Crippen molar-refractivity contribution in [1.29, 1.82) is 0 Å². The molecule has 2 aromatic heterocycles. The van der Waals surface area contributed by atoms with Gasteiger partial charge >= 0.3 is 13.6 Å². The number of carboxylic acids is 1. The maximum absolute atomic E-state index is 11.3. The number of imidazole rings is 1. The van der Waals surface area contributed by atoms with Crippen LogP contribution in [0.2, 0.25) is 0 Å². The normalized spacial score (nSPS) is 15.2. The molecule has 0 aliphatic rings. The Hall–Kier alpha value is -1.73. The van der Waals surface area contributed by atoms with E-state index in [0.717, 1.165) is 5.56 Å². The quantitative estimate of drug-likeness (QED) is 0.590. The zero-order chi connectivity index (χ0) is 15.1. The molecule has 9 heteroatoms. The highest BCUT2D eigenvalue weighted by Crippen LogP contribution is 2.50. The summed E-state index contributed by atoms with van der Waals surface area (Å²) in [6.07, 6.45) is 2.16. The highest BCUT2D eigenvalue weighted by molar-refractivity contribution is 7.54. The Bertz CT molecular complexity index is 721. The van der Waals surface area contributed by atoms with Crippen molar-refractivity contribution in [3.63, 3.8) is 0 Å². The van der Waals surface area contributed by atoms with Crippen LogP contribution in [0, 0.1) is 6.92 Å². The van der Waals surface area contributed by atoms with Crippen molar-refractivity contribution in [2.24, 2.45) is 0 Å². The van der Waals surface area contributed by atoms with Crippen LogP contribution in [0.4, 0.5) is 0 Å². The third kappa shape index (κ3) is 2.34. The molecular weight excluding hydrogens is 287 g/mol. The largest absolute Gasteiger partial charge is 0.479 e. The van der Waals surface area contributed by atoms with Crippen LogP contribution in [0.25, 0.3) is 5.65 Å². The van der Waals surface area contributed by atoms with E-state index in [4.69, 9.17) is 14.9 Å². The first-order valence-electron chi connectivity index (χ1n) is 5.59. The number of pyridine rings is 1. The maximum Gasteiger partial charge on any atom is 0.368 e. The lowest BCUT2D eigenvalue weighted by Gasteiger charge is -2.23. The van der Waals surface area contributed by atoms with Gasteiger partial charge < -0.3 is 24.4 Å². The molecule has 8 nitrogen and oxygen atoms in total. The first kappa shape index (κ1) is 14.7. The number of carbonyl (C=O) groups is 1. The maximum atomic E-state index is 11.3. The predicted octanol–water partition coefficient (Wildman–Crippen LogP) is 0.136. The van der Waals surface area contributed by atoms with Gasteiger partial charge in [0, 0.05) is 24.5 Å². The summed E-state index contributed by atoms with van der Waals surface area (Å²) in [7, 11) is -5.26. The molecule has 1 atom stereocenters. The molecule has 0 aromatic carbocycles. The molecule has 2 aromatic rings. The fraction of sp³-hybridized carbons (Fsp3) is 0.273. The van der Waals surface area contributed by atoms with E-state index in [1.165, 1.54) is 10.6 Å². The van der Waals surface area contributed by atoms with E-state index in [9.17, 15) is 14.5 Å². The molecule has 20 heavy (non-hydrogen) atoms. The SMILES string of the molecule is Cc1ccc2ncc(CC(O)(C(=O)O)P(=O)(O)O)n2c1. The number of aliphatic carboxylic acids is 1. The van der Waals surface area contributed by atoms with E-state index in [1.807, 2.05) is 0 Å². The number of aromatic nitrogens is 2. The van der Waals surface area contributed by atoms with Gasteiger partial charge in [0.25, 0.3) is 5.34 Å². The molecule has 108 valence electrons. The van der Waals surface area contributed by atoms with Crippen LogP contribution >= 0.6 is 7.60 Å². The molecule has 0 aliphatic heterocycles. The molecule has 0 saturated heterocycles. The number of aryl methyl sites for hydroxylation is 1. The fourth-order valence-corrected chi connectivity index (χ4v) is 2.44. The lowest BCUT2D eigenvalue weighted by atomic mass is 10.2. The average molecular weight is 300 g/mol. The molecule has 2 rings (SSSR count). The molecule has 0 spiro atoms. The summed E-state index contributed by atoms with van der Waals surface area (Å²) >= 11 is 0. The van der Waals surface area contributed by atoms with Gasteiger partial charge in [-0.2, -0.15) is 0 Å². The Labute approximate surface area is 113 Å². The summed E-state index contributed by atoms with van der Waals surface area (Å²) in [5.41, 5.74) is 1.53. The lowest BCUT2D eigenvalue weighted by Crippen LogP contribution is -2.40. The van der Waals surface area contributed by atoms with Crippen molar-refractivity contribution >= 4 is 19.2 Å². The molecule has 4 N–H and O–H groups in total. The third-order valence-corrected chi connectivity index (χ3v) is 4.30. The highest BCUT2D eigenvalue weighted by atomic mass is 31.2. The number of hydrogen-bond acceptors (Lipinski definition) is 4. The van der Waals surface area contributed by atoms with E-state index in [2.05, 4.69) is 4.98 Å². The van der Waals surface area contributed by atoms with Gasteiger partial charge in [0.2, 0.25) is 0 Å². The molecule has 2 heterocycles. The fourth-order valence-electron chi connectivity index (χ4n) is 1.82. The zero-order valence-electron chi connectivity index (χ0n) is 10.5. The van der Waals surface area contributed by atoms with Crippen LogP contribution < -0.4 is 0 Å². The number of nitrogens with zero attached hydrogens (tertiary/aromatic N) is 2. The molecule has 0 radical (unpaired) electrons. The van der Waals surface area contributed by atoms with Crippen molar-refractivity contribution in [3.05, 3.63) is 35.8 Å². The van der Waals surface area contributed by atoms with Gasteiger partial charge in [-0.15, -0.1) is 0 Å². The zero-order valence-corrected chi connectivity index (χ0v) is 11.4. The van der Waals surface area contributed by atoms with Crippen LogP contribution in [0.1, 0.15) is 11.3 Å². The third-order valence-electron chi connectivity index (χ3n) is 2.98. The molecule has 0 fully saturated rings. The standard InChI is InChI=1S/C11H13N2O6P/c1-7-2-3-9-12-5-8(13(9)6-7)4-11(16,10(14)15)20(17,18)19/h2-3,5-6,16H,4H2,1H3,(H,14,15)(H2,17,18,19). The summed E-state index contributed by atoms with van der Waals surface area (Å²) in [5, 5.41) is 15.6. The number of carboxylic acid groups (broad SMARTS) is 1. The summed E-state index contributed by atoms with van der Waals surface area (Å²) < 4.78 is 12.7. The summed E-state index contributed by atoms with van der Waals surface area (Å²) in [6, 6.07) is 3.47. The number of rotatable bonds is 4. The topological polar surface area (TPSA) is 132 Å². The van der Waals surface area contributed by atoms with Crippen LogP contribution in [0.5, 0.6) is 0 Å². The Kier molecular flexibility index (Phi) is 3.43. The monoisotopic (exact) mass is 300 g/mol. The molecule has 0 amide bonds. The minimum Gasteiger partial charge on any atom is -0.479 e. The van der Waals surface area contributed by atoms with Gasteiger partial charge in [-0.1, -0.05) is 6.07 Å². The van der Waals surface area contributed by atoms with Gasteiger partial charge in [0.15, 0.2) is 0 Å². The van der Waals surface area contributed by atoms with Crippen LogP contribution in [-0.2, 0) is 15.8 Å². The highest BCUT2D eigenvalue weighted by Gasteiger charge is 2.53. The number of aliphatic hydroxyl groups is 1. The van der Waals surface area contributed by atoms with Gasteiger partial charge in [0.05, 0.1) is 0 Å². The van der Waals surface area contributed by atoms with Crippen molar-refractivity contribution < 1.29 is 29.4 Å². The van der Waals surface area contributed by atoms with Gasteiger partial charge in [-0.05, 0) is 18.6 Å². The van der Waals surface area contributed by atoms with Gasteiger partial charge in [-0.25, -0.2) is 9.78 Å². The minimum absolute atomic E-state index is 0.192. The first-order valence-corrected chi connectivity index (χ1v) is 7.20. The van der Waals surface area contributed by atoms with E-state index in [0.29, 0.717) is 5.65 Å². The minimum atomic E-state index is -5.26. The van der Waals surface area contributed by atoms with E-state index >= 15 is 0 Å². The summed E-state index contributed by atoms with van der Waals surface area (Å²) in [6.45, 7) is 1.80. The second kappa shape index (κ2) is 4.68. The number of fused-ring (bicyclic) bond motifs is 1. The average Bonchev–Trinajstić information content (AvgIpc) is 2.70. The van der Waals surface area contributed by atoms with Crippen molar-refractivity contribution in [3.8, 4) is 0 Å². The molecule has 0 saturated carbocycles. The lowest BCUT2D eigenvalue weighted by molar-refractivity contribution is -0.151. The number of hydrogen-bond donors (Lipinski definition) is 4. The van der Waals surface area contributed by atoms with Crippen molar-refractivity contribution in [2.75, 3.05) is 0 Å². The van der Waals surface area contributed by atoms with Crippen molar-refractivity contribution in [2.45, 2.75) is 18.7 Å². The Morgan fingerprint density at radius 3 is 2.65 bits per heavy atom. The van der Waals surface area contributed by atoms with Crippen LogP contribution in [0.15, 0.2) is 24.5 Å². The Morgan fingerprint density at radius 1 is 1.45 bits per heavy atom. The second-order valence-electron chi connectivity index (χ2n) is 4.53. The first-order chi connectivity index (χ1) is 9.15. The summed E-state index contributed by atoms with van der Waals surface area (Å²) in [5.74, 6) is -1.98. The molecular formula is C11H13N2O6P. The molecule has 0 bridgehead atoms. The predicted molar refractivity (Wildman–Crippen MR) is 68.3 cm³/mol. The van der Waals surface area contributed by atoms with Gasteiger partial charge in [-0.3, -0.25) is 4.57 Å². The molecule has 1 unspecified atom stereocenters. The second-order valence-corrected chi connectivity index (χ2v) is 6.35.